The fourth-order valence-electron chi connectivity index (χ4n) is 12.6. The van der Waals surface area contributed by atoms with Gasteiger partial charge in [0.25, 0.3) is 0 Å². The molecule has 5 heterocycles. The summed E-state index contributed by atoms with van der Waals surface area (Å²) in [6.45, 7) is 6.63. The number of benzene rings is 1. The second-order valence-corrected chi connectivity index (χ2v) is 18.9. The predicted molar refractivity (Wildman–Crippen MR) is 201 cm³/mol. The smallest absolute Gasteiger partial charge is 0.322 e. The molecule has 4 aliphatic carbocycles. The molecule has 0 spiro atoms. The van der Waals surface area contributed by atoms with Crippen LogP contribution in [-0.2, 0) is 24.9 Å². The van der Waals surface area contributed by atoms with E-state index in [1.165, 1.54) is 102 Å². The second kappa shape index (κ2) is 15.9. The average molecular weight is 750 g/mol. The number of nitrogens with one attached hydrogen (secondary N) is 8. The Morgan fingerprint density at radius 1 is 0.471 bits per heavy atom. The van der Waals surface area contributed by atoms with Crippen LogP contribution >= 0.6 is 0 Å². The zero-order valence-corrected chi connectivity index (χ0v) is 34.9. The second-order valence-electron chi connectivity index (χ2n) is 18.9. The van der Waals surface area contributed by atoms with Gasteiger partial charge in [0.1, 0.15) is 0 Å². The van der Waals surface area contributed by atoms with E-state index in [2.05, 4.69) is 87.9 Å². The summed E-state index contributed by atoms with van der Waals surface area (Å²) in [4.78, 5) is 0. The summed E-state index contributed by atoms with van der Waals surface area (Å²) in [5, 5.41) is 33.7. The molecule has 4 saturated carbocycles. The van der Waals surface area contributed by atoms with Gasteiger partial charge in [-0.1, -0.05) is 72.1 Å². The number of hydrogen-bond acceptors (Lipinski definition) is 8. The molecule has 1 aromatic rings. The van der Waals surface area contributed by atoms with Crippen LogP contribution in [0.2, 0.25) is 0 Å². The fraction of sp³-hybridized carbons (Fsp3) is 0.833. The molecule has 9 fully saturated rings. The quantitative estimate of drug-likeness (QED) is 0.136. The normalized spacial score (nSPS) is 47.4. The maximum Gasteiger partial charge on any atom is 2.00 e. The van der Waals surface area contributed by atoms with Crippen LogP contribution in [-0.4, -0.2) is 49.3 Å². The van der Waals surface area contributed by atoms with E-state index in [1.54, 1.807) is 0 Å². The van der Waals surface area contributed by atoms with E-state index >= 15 is 0 Å². The van der Waals surface area contributed by atoms with Gasteiger partial charge in [0.2, 0.25) is 0 Å². The summed E-state index contributed by atoms with van der Waals surface area (Å²) in [5.41, 5.74) is 1.64. The van der Waals surface area contributed by atoms with E-state index in [0.717, 1.165) is 35.5 Å². The standard InChI is InChI=1S/C32H55N8.C10H13.Zn/c1-2-10-18-17(9-1)25-33-26(18)38-28-21-13-5-6-14-22(21)30(35-28)40-32-24-16-8-7-15-23(24)31(36-32)39-29-20-12-4-3-11-19(20)27(34-29)37-25;1-10(2,3)9-7-5-4-6-8-9;/h9,17-40H,1-8,10-16H2;5-8H,1-3H3;/q2*-1;+2. The minimum absolute atomic E-state index is 0. The average Bonchev–Trinajstić information content (AvgIpc) is 3.88. The first-order valence-electron chi connectivity index (χ1n) is 21.3. The monoisotopic (exact) mass is 748 g/mol. The Hall–Kier alpha value is -0.477. The minimum atomic E-state index is 0. The third-order valence-corrected chi connectivity index (χ3v) is 15.1. The molecule has 9 aliphatic rings. The van der Waals surface area contributed by atoms with Crippen LogP contribution in [0, 0.1) is 59.8 Å². The molecule has 8 N–H and O–H groups in total. The summed E-state index contributed by atoms with van der Waals surface area (Å²) in [6.07, 6.45) is 26.4. The van der Waals surface area contributed by atoms with Gasteiger partial charge in [-0.15, -0.1) is 5.92 Å². The Morgan fingerprint density at radius 2 is 0.784 bits per heavy atom. The van der Waals surface area contributed by atoms with E-state index in [1.807, 2.05) is 12.1 Å². The zero-order valence-electron chi connectivity index (χ0n) is 31.9. The van der Waals surface area contributed by atoms with Gasteiger partial charge in [-0.05, 0) is 85.4 Å². The summed E-state index contributed by atoms with van der Waals surface area (Å²) < 4.78 is 0. The molecule has 0 amide bonds. The molecule has 5 aliphatic heterocycles. The van der Waals surface area contributed by atoms with Crippen molar-refractivity contribution in [1.29, 1.82) is 0 Å². The number of hydrogen-bond donors (Lipinski definition) is 8. The van der Waals surface area contributed by atoms with Crippen LogP contribution < -0.4 is 42.5 Å². The molecular formula is C42H68N8Zn. The van der Waals surface area contributed by atoms with Crippen LogP contribution in [0.15, 0.2) is 24.3 Å². The molecule has 0 aromatic heterocycles. The third kappa shape index (κ3) is 7.57. The van der Waals surface area contributed by atoms with Crippen molar-refractivity contribution in [1.82, 2.24) is 42.5 Å². The molecule has 8 bridgehead atoms. The van der Waals surface area contributed by atoms with Crippen LogP contribution in [0.5, 0.6) is 0 Å². The van der Waals surface area contributed by atoms with Gasteiger partial charge in [-0.2, -0.15) is 42.3 Å². The molecule has 51 heavy (non-hydrogen) atoms. The van der Waals surface area contributed by atoms with Crippen molar-refractivity contribution in [3.63, 3.8) is 0 Å². The summed E-state index contributed by atoms with van der Waals surface area (Å²) in [5.74, 6) is 5.74. The summed E-state index contributed by atoms with van der Waals surface area (Å²) in [6, 6.07) is 11.1. The minimum Gasteiger partial charge on any atom is -0.322 e. The zero-order chi connectivity index (χ0) is 33.8. The van der Waals surface area contributed by atoms with Crippen molar-refractivity contribution in [2.45, 2.75) is 172 Å². The Balaban J connectivity index is 0.000000297. The Morgan fingerprint density at radius 3 is 1.12 bits per heavy atom. The van der Waals surface area contributed by atoms with Gasteiger partial charge in [-0.25, -0.2) is 0 Å². The van der Waals surface area contributed by atoms with Crippen molar-refractivity contribution in [2.75, 3.05) is 0 Å². The molecule has 16 atom stereocenters. The Labute approximate surface area is 322 Å². The number of rotatable bonds is 0. The maximum atomic E-state index is 4.25. The first kappa shape index (κ1) is 37.4. The van der Waals surface area contributed by atoms with E-state index in [-0.39, 0.29) is 24.9 Å². The Bertz CT molecular complexity index is 1070. The van der Waals surface area contributed by atoms with Gasteiger partial charge in [-0.3, -0.25) is 42.5 Å². The van der Waals surface area contributed by atoms with E-state index in [4.69, 9.17) is 0 Å². The SMILES string of the molecule is CC(C)(C)c1cc[c-]cc1.[CH-]1CCCC2C3NC(NC4NC(NC5NC(NC6NC(N3)C3CCCCC63)C3CCCCC53)C3CCCCC43)C12.[Zn+2]. The van der Waals surface area contributed by atoms with Crippen molar-refractivity contribution < 1.29 is 19.5 Å². The van der Waals surface area contributed by atoms with Crippen molar-refractivity contribution in [3.8, 4) is 0 Å². The van der Waals surface area contributed by atoms with Crippen molar-refractivity contribution >= 4 is 0 Å². The molecule has 10 rings (SSSR count). The summed E-state index contributed by atoms with van der Waals surface area (Å²) >= 11 is 0. The topological polar surface area (TPSA) is 96.2 Å². The van der Waals surface area contributed by atoms with Crippen LogP contribution in [0.25, 0.3) is 0 Å². The van der Waals surface area contributed by atoms with Crippen LogP contribution in [0.3, 0.4) is 0 Å². The van der Waals surface area contributed by atoms with Crippen molar-refractivity contribution in [3.05, 3.63) is 42.3 Å². The van der Waals surface area contributed by atoms with E-state index < -0.39 is 0 Å². The molecule has 278 valence electrons. The predicted octanol–water partition coefficient (Wildman–Crippen LogP) is 5.20. The fourth-order valence-corrected chi connectivity index (χ4v) is 12.6. The molecular weight excluding hydrogens is 682 g/mol. The third-order valence-electron chi connectivity index (χ3n) is 15.1. The molecule has 5 saturated heterocycles. The summed E-state index contributed by atoms with van der Waals surface area (Å²) in [7, 11) is 0. The molecule has 1 aromatic carbocycles. The van der Waals surface area contributed by atoms with E-state index in [9.17, 15) is 0 Å². The first-order chi connectivity index (χ1) is 24.4. The first-order valence-corrected chi connectivity index (χ1v) is 21.3. The Kier molecular flexibility index (Phi) is 11.7. The molecule has 8 nitrogen and oxygen atoms in total. The van der Waals surface area contributed by atoms with Gasteiger partial charge in [0, 0.05) is 6.17 Å². The van der Waals surface area contributed by atoms with Gasteiger partial charge in [0.15, 0.2) is 0 Å². The van der Waals surface area contributed by atoms with Gasteiger partial charge >= 0.3 is 19.5 Å². The largest absolute Gasteiger partial charge is 2.00 e. The maximum absolute atomic E-state index is 4.25. The van der Waals surface area contributed by atoms with Gasteiger partial charge < -0.3 is 6.42 Å². The number of fused-ring (bicyclic) bond motifs is 20. The van der Waals surface area contributed by atoms with Crippen molar-refractivity contribution in [2.24, 2.45) is 47.3 Å². The van der Waals surface area contributed by atoms with Crippen LogP contribution in [0.4, 0.5) is 0 Å². The van der Waals surface area contributed by atoms with Crippen LogP contribution in [0.1, 0.15) is 123 Å². The molecule has 9 heteroatoms. The van der Waals surface area contributed by atoms with Gasteiger partial charge in [0.05, 0.1) is 43.2 Å². The van der Waals surface area contributed by atoms with E-state index in [0.29, 0.717) is 61.2 Å². The molecule has 0 radical (unpaired) electrons. The molecule has 16 unspecified atom stereocenters.